The molecule has 0 bridgehead atoms. The molecular weight excluding hydrogens is 413 g/mol. The number of carbonyl (C=O) groups is 2. The second-order valence-corrected chi connectivity index (χ2v) is 8.91. The van der Waals surface area contributed by atoms with Crippen molar-refractivity contribution in [3.63, 3.8) is 0 Å². The van der Waals surface area contributed by atoms with Crippen LogP contribution in [0.2, 0.25) is 0 Å². The Hall–Kier alpha value is -2.84. The van der Waals surface area contributed by atoms with Gasteiger partial charge in [0.15, 0.2) is 5.96 Å². The molecule has 1 aliphatic rings. The zero-order valence-electron chi connectivity index (χ0n) is 19.8. The van der Waals surface area contributed by atoms with Crippen LogP contribution in [0, 0.1) is 11.7 Å². The van der Waals surface area contributed by atoms with Crippen LogP contribution in [-0.2, 0) is 9.53 Å². The first-order valence-electron chi connectivity index (χ1n) is 11.1. The van der Waals surface area contributed by atoms with E-state index in [1.54, 1.807) is 24.1 Å². The molecule has 0 spiro atoms. The number of anilines is 1. The van der Waals surface area contributed by atoms with Crippen LogP contribution in [0.15, 0.2) is 29.3 Å². The molecule has 1 aromatic rings. The molecule has 2 amide bonds. The summed E-state index contributed by atoms with van der Waals surface area (Å²) < 4.78 is 18.8. The predicted molar refractivity (Wildman–Crippen MR) is 124 cm³/mol. The van der Waals surface area contributed by atoms with Gasteiger partial charge in [-0.25, -0.2) is 9.18 Å². The molecule has 1 saturated heterocycles. The van der Waals surface area contributed by atoms with Crippen molar-refractivity contribution in [3.05, 3.63) is 30.1 Å². The molecule has 32 heavy (non-hydrogen) atoms. The maximum Gasteiger partial charge on any atom is 0.410 e. The average Bonchev–Trinajstić information content (AvgIpc) is 2.72. The van der Waals surface area contributed by atoms with Crippen molar-refractivity contribution >= 4 is 23.6 Å². The number of halogens is 1. The summed E-state index contributed by atoms with van der Waals surface area (Å²) in [6.07, 6.45) is 1.55. The third-order valence-corrected chi connectivity index (χ3v) is 5.15. The topological polar surface area (TPSA) is 86.3 Å². The van der Waals surface area contributed by atoms with Gasteiger partial charge in [0.05, 0.1) is 6.54 Å². The summed E-state index contributed by atoms with van der Waals surface area (Å²) in [4.78, 5) is 32.7. The van der Waals surface area contributed by atoms with Crippen molar-refractivity contribution in [1.29, 1.82) is 0 Å². The Morgan fingerprint density at radius 1 is 1.28 bits per heavy atom. The lowest BCUT2D eigenvalue weighted by Crippen LogP contribution is -2.49. The molecule has 1 aromatic carbocycles. The number of nitrogens with zero attached hydrogens (tertiary/aromatic N) is 3. The fourth-order valence-corrected chi connectivity index (χ4v) is 3.56. The third kappa shape index (κ3) is 8.36. The van der Waals surface area contributed by atoms with Crippen LogP contribution in [0.5, 0.6) is 0 Å². The lowest BCUT2D eigenvalue weighted by atomic mass is 9.96. The Bertz CT molecular complexity index is 801. The molecule has 2 N–H and O–H groups in total. The van der Waals surface area contributed by atoms with Gasteiger partial charge >= 0.3 is 6.09 Å². The summed E-state index contributed by atoms with van der Waals surface area (Å²) in [6, 6.07) is 5.78. The number of ether oxygens (including phenoxy) is 1. The molecule has 0 saturated carbocycles. The van der Waals surface area contributed by atoms with Crippen LogP contribution in [0.4, 0.5) is 14.9 Å². The largest absolute Gasteiger partial charge is 0.444 e. The van der Waals surface area contributed by atoms with Crippen molar-refractivity contribution in [2.24, 2.45) is 10.9 Å². The van der Waals surface area contributed by atoms with Crippen molar-refractivity contribution in [2.75, 3.05) is 45.1 Å². The van der Waals surface area contributed by atoms with Crippen LogP contribution in [0.1, 0.15) is 40.5 Å². The molecule has 0 unspecified atom stereocenters. The van der Waals surface area contributed by atoms with E-state index in [-0.39, 0.29) is 18.5 Å². The minimum Gasteiger partial charge on any atom is -0.444 e. The summed E-state index contributed by atoms with van der Waals surface area (Å²) >= 11 is 0. The first kappa shape index (κ1) is 25.4. The highest BCUT2D eigenvalue weighted by Crippen LogP contribution is 2.20. The Morgan fingerprint density at radius 3 is 2.53 bits per heavy atom. The molecule has 1 aliphatic heterocycles. The Balaban J connectivity index is 1.79. The van der Waals surface area contributed by atoms with E-state index in [0.29, 0.717) is 30.7 Å². The van der Waals surface area contributed by atoms with E-state index < -0.39 is 11.4 Å². The highest BCUT2D eigenvalue weighted by atomic mass is 19.1. The van der Waals surface area contributed by atoms with Crippen molar-refractivity contribution in [1.82, 2.24) is 15.1 Å². The molecule has 9 heteroatoms. The lowest BCUT2D eigenvalue weighted by Gasteiger charge is -2.36. The van der Waals surface area contributed by atoms with Crippen LogP contribution in [0.3, 0.4) is 0 Å². The number of aliphatic imine (C=N–C) groups is 1. The molecule has 178 valence electrons. The SMILES string of the molecule is CCN(CC1CCN(C(=NC)NCC(=O)Nc2cccc(F)c2)CC1)C(=O)OC(C)(C)C. The lowest BCUT2D eigenvalue weighted by molar-refractivity contribution is -0.115. The quantitative estimate of drug-likeness (QED) is 0.514. The number of likely N-dealkylation sites (tertiary alicyclic amines) is 1. The maximum absolute atomic E-state index is 13.3. The molecule has 8 nitrogen and oxygen atoms in total. The number of piperidine rings is 1. The monoisotopic (exact) mass is 449 g/mol. The van der Waals surface area contributed by atoms with Gasteiger partial charge in [0.2, 0.25) is 5.91 Å². The smallest absolute Gasteiger partial charge is 0.410 e. The number of guanidine groups is 1. The van der Waals surface area contributed by atoms with Gasteiger partial charge < -0.3 is 25.2 Å². The van der Waals surface area contributed by atoms with E-state index >= 15 is 0 Å². The maximum atomic E-state index is 13.3. The van der Waals surface area contributed by atoms with E-state index in [4.69, 9.17) is 4.74 Å². The summed E-state index contributed by atoms with van der Waals surface area (Å²) in [5.41, 5.74) is -0.0921. The number of nitrogens with one attached hydrogen (secondary N) is 2. The van der Waals surface area contributed by atoms with Gasteiger partial charge in [0.25, 0.3) is 0 Å². The van der Waals surface area contributed by atoms with Gasteiger partial charge in [-0.15, -0.1) is 0 Å². The molecule has 0 aromatic heterocycles. The van der Waals surface area contributed by atoms with Crippen LogP contribution in [0.25, 0.3) is 0 Å². The molecule has 1 fully saturated rings. The first-order chi connectivity index (χ1) is 15.1. The third-order valence-electron chi connectivity index (χ3n) is 5.15. The summed E-state index contributed by atoms with van der Waals surface area (Å²) in [7, 11) is 1.68. The number of rotatable bonds is 6. The second-order valence-electron chi connectivity index (χ2n) is 8.91. The molecule has 1 heterocycles. The van der Waals surface area contributed by atoms with Gasteiger partial charge in [-0.1, -0.05) is 6.07 Å². The van der Waals surface area contributed by atoms with E-state index in [2.05, 4.69) is 20.5 Å². The van der Waals surface area contributed by atoms with E-state index in [1.807, 2.05) is 27.7 Å². The van der Waals surface area contributed by atoms with Crippen LogP contribution < -0.4 is 10.6 Å². The zero-order chi connectivity index (χ0) is 23.7. The first-order valence-corrected chi connectivity index (χ1v) is 11.1. The van der Waals surface area contributed by atoms with Gasteiger partial charge in [-0.2, -0.15) is 0 Å². The highest BCUT2D eigenvalue weighted by Gasteiger charge is 2.27. The van der Waals surface area contributed by atoms with Crippen LogP contribution >= 0.6 is 0 Å². The van der Waals surface area contributed by atoms with E-state index in [9.17, 15) is 14.0 Å². The standard InChI is InChI=1S/C23H36FN5O3/c1-6-28(22(31)32-23(2,3)4)16-17-10-12-29(13-11-17)21(25-5)26-15-20(30)27-19-9-7-8-18(24)14-19/h7-9,14,17H,6,10-13,15-16H2,1-5H3,(H,25,26)(H,27,30). The molecular formula is C23H36FN5O3. The fraction of sp³-hybridized carbons (Fsp3) is 0.609. The molecule has 2 rings (SSSR count). The van der Waals surface area contributed by atoms with Crippen LogP contribution in [-0.4, -0.2) is 73.1 Å². The van der Waals surface area contributed by atoms with E-state index in [0.717, 1.165) is 25.9 Å². The zero-order valence-corrected chi connectivity index (χ0v) is 19.8. The highest BCUT2D eigenvalue weighted by molar-refractivity contribution is 5.95. The number of hydrogen-bond donors (Lipinski definition) is 2. The van der Waals surface area contributed by atoms with E-state index in [1.165, 1.54) is 12.1 Å². The number of carbonyl (C=O) groups excluding carboxylic acids is 2. The van der Waals surface area contributed by atoms with Gasteiger partial charge in [-0.05, 0) is 64.7 Å². The molecule has 0 aliphatic carbocycles. The predicted octanol–water partition coefficient (Wildman–Crippen LogP) is 3.31. The molecule has 0 atom stereocenters. The van der Waals surface area contributed by atoms with Gasteiger partial charge in [-0.3, -0.25) is 9.79 Å². The van der Waals surface area contributed by atoms with Crippen molar-refractivity contribution < 1.29 is 18.7 Å². The normalized spacial score (nSPS) is 15.3. The van der Waals surface area contributed by atoms with Crippen molar-refractivity contribution in [2.45, 2.75) is 46.1 Å². The number of amides is 2. The minimum absolute atomic E-state index is 0.0331. The summed E-state index contributed by atoms with van der Waals surface area (Å²) in [6.45, 7) is 10.4. The minimum atomic E-state index is -0.507. The second kappa shape index (κ2) is 11.7. The number of hydrogen-bond acceptors (Lipinski definition) is 4. The van der Waals surface area contributed by atoms with Gasteiger partial charge in [0.1, 0.15) is 11.4 Å². The van der Waals surface area contributed by atoms with Gasteiger partial charge in [0, 0.05) is 38.9 Å². The Kier molecular flexibility index (Phi) is 9.28. The average molecular weight is 450 g/mol. The fourth-order valence-electron chi connectivity index (χ4n) is 3.56. The molecule has 0 radical (unpaired) electrons. The summed E-state index contributed by atoms with van der Waals surface area (Å²) in [5, 5.41) is 5.73. The number of benzene rings is 1. The summed E-state index contributed by atoms with van der Waals surface area (Å²) in [5.74, 6) is 0.357. The Morgan fingerprint density at radius 2 is 1.97 bits per heavy atom. The Labute approximate surface area is 190 Å². The van der Waals surface area contributed by atoms with Crippen molar-refractivity contribution in [3.8, 4) is 0 Å².